The third kappa shape index (κ3) is 2.83. The van der Waals surface area contributed by atoms with E-state index in [2.05, 4.69) is 4.74 Å². The van der Waals surface area contributed by atoms with Gasteiger partial charge in [-0.05, 0) is 35.7 Å². The van der Waals surface area contributed by atoms with E-state index in [1.54, 1.807) is 24.3 Å². The molecule has 2 aromatic rings. The minimum absolute atomic E-state index is 0.378. The van der Waals surface area contributed by atoms with Gasteiger partial charge in [-0.3, -0.25) is 0 Å². The Morgan fingerprint density at radius 2 is 1.74 bits per heavy atom. The van der Waals surface area contributed by atoms with Gasteiger partial charge < -0.3 is 9.84 Å². The molecule has 0 aliphatic rings. The third-order valence-corrected chi connectivity index (χ3v) is 3.13. The average molecular weight is 256 g/mol. The molecule has 0 aliphatic heterocycles. The quantitative estimate of drug-likeness (QED) is 0.859. The molecular weight excluding hydrogens is 240 g/mol. The monoisotopic (exact) mass is 256 g/mol. The van der Waals surface area contributed by atoms with E-state index < -0.39 is 6.10 Å². The molecule has 2 aromatic carbocycles. The van der Waals surface area contributed by atoms with Crippen molar-refractivity contribution in [1.29, 1.82) is 0 Å². The van der Waals surface area contributed by atoms with Crippen molar-refractivity contribution in [2.75, 3.05) is 7.11 Å². The van der Waals surface area contributed by atoms with Crippen molar-refractivity contribution in [1.82, 2.24) is 0 Å². The Bertz CT molecular complexity index is 573. The second-order valence-corrected chi connectivity index (χ2v) is 4.37. The van der Waals surface area contributed by atoms with Crippen molar-refractivity contribution in [3.8, 4) is 0 Å². The molecule has 0 fully saturated rings. The summed E-state index contributed by atoms with van der Waals surface area (Å²) in [4.78, 5) is 11.3. The zero-order valence-corrected chi connectivity index (χ0v) is 11.0. The fraction of sp³-hybridized carbons (Fsp3) is 0.188. The van der Waals surface area contributed by atoms with E-state index in [0.29, 0.717) is 5.56 Å². The third-order valence-electron chi connectivity index (χ3n) is 3.13. The van der Waals surface area contributed by atoms with E-state index in [0.717, 1.165) is 16.7 Å². The molecule has 98 valence electrons. The Morgan fingerprint density at radius 3 is 2.32 bits per heavy atom. The Morgan fingerprint density at radius 1 is 1.11 bits per heavy atom. The van der Waals surface area contributed by atoms with Gasteiger partial charge in [0.1, 0.15) is 6.10 Å². The molecule has 0 spiro atoms. The van der Waals surface area contributed by atoms with Crippen LogP contribution in [0.15, 0.2) is 48.5 Å². The highest BCUT2D eigenvalue weighted by Crippen LogP contribution is 2.24. The molecule has 0 aromatic heterocycles. The molecule has 3 nitrogen and oxygen atoms in total. The number of hydrogen-bond acceptors (Lipinski definition) is 3. The van der Waals surface area contributed by atoms with Crippen LogP contribution in [0.3, 0.4) is 0 Å². The molecule has 0 saturated heterocycles. The van der Waals surface area contributed by atoms with Crippen LogP contribution in [0.2, 0.25) is 0 Å². The fourth-order valence-electron chi connectivity index (χ4n) is 1.99. The number of ether oxygens (including phenoxy) is 1. The van der Waals surface area contributed by atoms with Crippen LogP contribution in [0.4, 0.5) is 0 Å². The number of hydrogen-bond donors (Lipinski definition) is 1. The number of rotatable bonds is 3. The zero-order chi connectivity index (χ0) is 13.8. The number of carbonyl (C=O) groups is 1. The molecule has 19 heavy (non-hydrogen) atoms. The van der Waals surface area contributed by atoms with Crippen molar-refractivity contribution >= 4 is 5.97 Å². The number of aryl methyl sites for hydroxylation is 1. The largest absolute Gasteiger partial charge is 0.465 e. The maximum atomic E-state index is 11.3. The topological polar surface area (TPSA) is 46.5 Å². The summed E-state index contributed by atoms with van der Waals surface area (Å²) in [6.45, 7) is 1.96. The van der Waals surface area contributed by atoms with E-state index in [1.165, 1.54) is 7.11 Å². The van der Waals surface area contributed by atoms with Gasteiger partial charge in [-0.2, -0.15) is 0 Å². The summed E-state index contributed by atoms with van der Waals surface area (Å²) >= 11 is 0. The minimum Gasteiger partial charge on any atom is -0.465 e. The Kier molecular flexibility index (Phi) is 3.97. The summed E-state index contributed by atoms with van der Waals surface area (Å²) < 4.78 is 4.64. The van der Waals surface area contributed by atoms with Crippen LogP contribution in [0.5, 0.6) is 0 Å². The van der Waals surface area contributed by atoms with E-state index in [1.807, 2.05) is 31.2 Å². The molecule has 2 rings (SSSR count). The van der Waals surface area contributed by atoms with Crippen molar-refractivity contribution < 1.29 is 14.6 Å². The number of aliphatic hydroxyl groups is 1. The van der Waals surface area contributed by atoms with Crippen LogP contribution in [-0.4, -0.2) is 18.2 Å². The van der Waals surface area contributed by atoms with Gasteiger partial charge >= 0.3 is 5.97 Å². The first-order chi connectivity index (χ1) is 9.13. The molecule has 1 atom stereocenters. The first-order valence-electron chi connectivity index (χ1n) is 6.05. The predicted molar refractivity (Wildman–Crippen MR) is 73.0 cm³/mol. The van der Waals surface area contributed by atoms with Gasteiger partial charge in [-0.1, -0.05) is 36.4 Å². The molecule has 1 N–H and O–H groups in total. The maximum Gasteiger partial charge on any atom is 0.337 e. The number of carbonyl (C=O) groups excluding carboxylic acids is 1. The van der Waals surface area contributed by atoms with Gasteiger partial charge in [0.25, 0.3) is 0 Å². The summed E-state index contributed by atoms with van der Waals surface area (Å²) in [7, 11) is 1.35. The highest BCUT2D eigenvalue weighted by molar-refractivity contribution is 5.89. The molecule has 0 amide bonds. The van der Waals surface area contributed by atoms with Gasteiger partial charge in [0.15, 0.2) is 0 Å². The minimum atomic E-state index is -0.687. The van der Waals surface area contributed by atoms with Crippen molar-refractivity contribution in [2.45, 2.75) is 13.0 Å². The Balaban J connectivity index is 2.28. The van der Waals surface area contributed by atoms with E-state index in [-0.39, 0.29) is 5.97 Å². The molecule has 0 saturated carbocycles. The van der Waals surface area contributed by atoms with Crippen LogP contribution in [0.1, 0.15) is 33.2 Å². The van der Waals surface area contributed by atoms with Crippen LogP contribution < -0.4 is 0 Å². The number of methoxy groups -OCH3 is 1. The van der Waals surface area contributed by atoms with Crippen molar-refractivity contribution in [3.05, 3.63) is 70.8 Å². The predicted octanol–water partition coefficient (Wildman–Crippen LogP) is 2.86. The fourth-order valence-corrected chi connectivity index (χ4v) is 1.99. The molecule has 1 unspecified atom stereocenters. The highest BCUT2D eigenvalue weighted by Gasteiger charge is 2.13. The van der Waals surface area contributed by atoms with Crippen molar-refractivity contribution in [3.63, 3.8) is 0 Å². The van der Waals surface area contributed by atoms with Gasteiger partial charge in [0.05, 0.1) is 12.7 Å². The van der Waals surface area contributed by atoms with E-state index in [9.17, 15) is 9.90 Å². The molecular formula is C16H16O3. The van der Waals surface area contributed by atoms with Gasteiger partial charge in [-0.25, -0.2) is 4.79 Å². The summed E-state index contributed by atoms with van der Waals surface area (Å²) in [5, 5.41) is 10.3. The normalized spacial score (nSPS) is 11.9. The first kappa shape index (κ1) is 13.3. The van der Waals surface area contributed by atoms with E-state index in [4.69, 9.17) is 0 Å². The lowest BCUT2D eigenvalue weighted by atomic mass is 9.97. The Labute approximate surface area is 112 Å². The first-order valence-corrected chi connectivity index (χ1v) is 6.05. The second kappa shape index (κ2) is 5.67. The highest BCUT2D eigenvalue weighted by atomic mass is 16.5. The summed E-state index contributed by atoms with van der Waals surface area (Å²) in [5.41, 5.74) is 3.13. The molecule has 0 aliphatic carbocycles. The SMILES string of the molecule is COC(=O)c1ccc(C(O)c2ccccc2C)cc1. The van der Waals surface area contributed by atoms with Gasteiger partial charge in [0, 0.05) is 0 Å². The summed E-state index contributed by atoms with van der Waals surface area (Å²) in [6, 6.07) is 14.5. The molecule has 0 heterocycles. The van der Waals surface area contributed by atoms with Crippen LogP contribution in [-0.2, 0) is 4.74 Å². The summed E-state index contributed by atoms with van der Waals surface area (Å²) in [5.74, 6) is -0.378. The average Bonchev–Trinajstić information content (AvgIpc) is 2.46. The smallest absolute Gasteiger partial charge is 0.337 e. The van der Waals surface area contributed by atoms with Crippen LogP contribution >= 0.6 is 0 Å². The number of benzene rings is 2. The Hall–Kier alpha value is -2.13. The standard InChI is InChI=1S/C16H16O3/c1-11-5-3-4-6-14(11)15(17)12-7-9-13(10-8-12)16(18)19-2/h3-10,15,17H,1-2H3. The number of aliphatic hydroxyl groups excluding tert-OH is 1. The van der Waals surface area contributed by atoms with Crippen LogP contribution in [0.25, 0.3) is 0 Å². The lowest BCUT2D eigenvalue weighted by Gasteiger charge is -2.14. The molecule has 0 bridgehead atoms. The second-order valence-electron chi connectivity index (χ2n) is 4.37. The van der Waals surface area contributed by atoms with E-state index >= 15 is 0 Å². The van der Waals surface area contributed by atoms with Crippen molar-refractivity contribution in [2.24, 2.45) is 0 Å². The van der Waals surface area contributed by atoms with Crippen LogP contribution in [0, 0.1) is 6.92 Å². The van der Waals surface area contributed by atoms with Gasteiger partial charge in [0.2, 0.25) is 0 Å². The number of esters is 1. The lowest BCUT2D eigenvalue weighted by molar-refractivity contribution is 0.0600. The summed E-state index contributed by atoms with van der Waals surface area (Å²) in [6.07, 6.45) is -0.687. The maximum absolute atomic E-state index is 11.3. The van der Waals surface area contributed by atoms with Gasteiger partial charge in [-0.15, -0.1) is 0 Å². The molecule has 0 radical (unpaired) electrons. The lowest BCUT2D eigenvalue weighted by Crippen LogP contribution is -2.04. The molecule has 3 heteroatoms. The zero-order valence-electron chi connectivity index (χ0n) is 11.0.